The Morgan fingerprint density at radius 3 is 2.32 bits per heavy atom. The van der Waals surface area contributed by atoms with E-state index in [1.165, 1.54) is 32.4 Å². The predicted molar refractivity (Wildman–Crippen MR) is 117 cm³/mol. The van der Waals surface area contributed by atoms with Gasteiger partial charge in [0.15, 0.2) is 11.5 Å². The number of anilines is 1. The number of benzene rings is 3. The van der Waals surface area contributed by atoms with Crippen molar-refractivity contribution >= 4 is 37.6 Å². The second-order valence-corrected chi connectivity index (χ2v) is 8.54. The summed E-state index contributed by atoms with van der Waals surface area (Å²) in [4.78, 5) is 13.1. The zero-order valence-corrected chi connectivity index (χ0v) is 17.7. The zero-order valence-electron chi connectivity index (χ0n) is 16.9. The summed E-state index contributed by atoms with van der Waals surface area (Å²) in [6.45, 7) is 1.84. The quantitative estimate of drug-likeness (QED) is 0.453. The van der Waals surface area contributed by atoms with Gasteiger partial charge in [0, 0.05) is 6.07 Å². The summed E-state index contributed by atoms with van der Waals surface area (Å²) in [6, 6.07) is 12.4. The molecule has 2 N–H and O–H groups in total. The maximum Gasteiger partial charge on any atom is 0.262 e. The standard InChI is InChI=1S/C22H19NO7S/c1-12-7-9-13(10-8-12)31(26,27)23-14-11-17-19(21(25)22(14)29-3)20(24)18-15(28-2)5-4-6-16(18)30-17/h4-11,23,25H,1-3H3. The number of hydrogen-bond acceptors (Lipinski definition) is 7. The number of hydrogen-bond donors (Lipinski definition) is 2. The van der Waals surface area contributed by atoms with Gasteiger partial charge in [0.25, 0.3) is 10.0 Å². The Labute approximate surface area is 177 Å². The fourth-order valence-electron chi connectivity index (χ4n) is 3.36. The number of methoxy groups -OCH3 is 2. The van der Waals surface area contributed by atoms with Gasteiger partial charge in [-0.15, -0.1) is 0 Å². The fourth-order valence-corrected chi connectivity index (χ4v) is 4.42. The molecule has 0 amide bonds. The number of phenolic OH excluding ortho intramolecular Hbond substituents is 1. The summed E-state index contributed by atoms with van der Waals surface area (Å²) in [5.41, 5.74) is 0.527. The van der Waals surface area contributed by atoms with Crippen LogP contribution in [0.1, 0.15) is 5.56 Å². The molecular weight excluding hydrogens is 422 g/mol. The first-order valence-corrected chi connectivity index (χ1v) is 10.7. The molecule has 1 heterocycles. The molecule has 1 aromatic heterocycles. The molecule has 160 valence electrons. The van der Waals surface area contributed by atoms with Gasteiger partial charge in [-0.3, -0.25) is 9.52 Å². The van der Waals surface area contributed by atoms with Crippen molar-refractivity contribution in [3.63, 3.8) is 0 Å². The molecule has 9 heteroatoms. The Balaban J connectivity index is 1.96. The van der Waals surface area contributed by atoms with Gasteiger partial charge in [-0.25, -0.2) is 8.42 Å². The van der Waals surface area contributed by atoms with Crippen molar-refractivity contribution in [2.24, 2.45) is 0 Å². The Morgan fingerprint density at radius 1 is 0.968 bits per heavy atom. The monoisotopic (exact) mass is 441 g/mol. The molecule has 0 aliphatic heterocycles. The molecule has 0 spiro atoms. The van der Waals surface area contributed by atoms with Crippen LogP contribution in [0.2, 0.25) is 0 Å². The van der Waals surface area contributed by atoms with Crippen molar-refractivity contribution < 1.29 is 27.4 Å². The van der Waals surface area contributed by atoms with Crippen LogP contribution in [0.4, 0.5) is 5.69 Å². The third-order valence-corrected chi connectivity index (χ3v) is 6.26. The van der Waals surface area contributed by atoms with Crippen LogP contribution in [0.25, 0.3) is 21.9 Å². The number of phenols is 1. The van der Waals surface area contributed by atoms with E-state index in [4.69, 9.17) is 13.9 Å². The van der Waals surface area contributed by atoms with Crippen LogP contribution in [-0.2, 0) is 10.0 Å². The fraction of sp³-hybridized carbons (Fsp3) is 0.136. The van der Waals surface area contributed by atoms with E-state index < -0.39 is 21.2 Å². The number of sulfonamides is 1. The number of aryl methyl sites for hydroxylation is 1. The van der Waals surface area contributed by atoms with Gasteiger partial charge in [-0.05, 0) is 31.2 Å². The minimum atomic E-state index is -3.99. The summed E-state index contributed by atoms with van der Waals surface area (Å²) < 4.78 is 44.3. The predicted octanol–water partition coefficient (Wildman–Crippen LogP) is 3.78. The summed E-state index contributed by atoms with van der Waals surface area (Å²) in [5.74, 6) is -0.455. The third-order valence-electron chi connectivity index (χ3n) is 4.88. The van der Waals surface area contributed by atoms with Crippen molar-refractivity contribution in [3.05, 3.63) is 64.3 Å². The SMILES string of the molecule is COc1c(NS(=O)(=O)c2ccc(C)cc2)cc2oc3cccc(OC)c3c(=O)c2c1O. The molecule has 0 radical (unpaired) electrons. The van der Waals surface area contributed by atoms with E-state index in [-0.39, 0.29) is 44.0 Å². The summed E-state index contributed by atoms with van der Waals surface area (Å²) in [7, 11) is -1.32. The highest BCUT2D eigenvalue weighted by Crippen LogP contribution is 2.42. The highest BCUT2D eigenvalue weighted by Gasteiger charge is 2.24. The average Bonchev–Trinajstić information content (AvgIpc) is 2.73. The Bertz CT molecular complexity index is 1470. The minimum absolute atomic E-state index is 0.00865. The second kappa shape index (κ2) is 7.51. The largest absolute Gasteiger partial charge is 0.504 e. The molecule has 0 saturated carbocycles. The maximum atomic E-state index is 13.1. The lowest BCUT2D eigenvalue weighted by atomic mass is 10.1. The minimum Gasteiger partial charge on any atom is -0.504 e. The molecule has 31 heavy (non-hydrogen) atoms. The van der Waals surface area contributed by atoms with E-state index in [9.17, 15) is 18.3 Å². The van der Waals surface area contributed by atoms with Crippen LogP contribution in [0.5, 0.6) is 17.2 Å². The normalized spacial score (nSPS) is 11.6. The van der Waals surface area contributed by atoms with Crippen molar-refractivity contribution in [2.45, 2.75) is 11.8 Å². The highest BCUT2D eigenvalue weighted by molar-refractivity contribution is 7.92. The van der Waals surface area contributed by atoms with Crippen molar-refractivity contribution in [1.82, 2.24) is 0 Å². The number of nitrogens with one attached hydrogen (secondary N) is 1. The molecule has 0 aliphatic rings. The third kappa shape index (κ3) is 3.42. The van der Waals surface area contributed by atoms with Gasteiger partial charge in [0.2, 0.25) is 5.43 Å². The molecule has 4 aromatic rings. The van der Waals surface area contributed by atoms with E-state index in [1.807, 2.05) is 6.92 Å². The van der Waals surface area contributed by atoms with Crippen LogP contribution < -0.4 is 19.6 Å². The first-order valence-electron chi connectivity index (χ1n) is 9.20. The van der Waals surface area contributed by atoms with Gasteiger partial charge in [-0.2, -0.15) is 0 Å². The Kier molecular flexibility index (Phi) is 4.98. The van der Waals surface area contributed by atoms with Gasteiger partial charge < -0.3 is 19.0 Å². The molecule has 0 atom stereocenters. The van der Waals surface area contributed by atoms with Gasteiger partial charge in [0.1, 0.15) is 27.7 Å². The van der Waals surface area contributed by atoms with Crippen LogP contribution >= 0.6 is 0 Å². The Hall–Kier alpha value is -3.72. The average molecular weight is 441 g/mol. The number of fused-ring (bicyclic) bond motifs is 2. The molecule has 0 aliphatic carbocycles. The molecular formula is C22H19NO7S. The molecule has 0 bridgehead atoms. The lowest BCUT2D eigenvalue weighted by Crippen LogP contribution is -2.14. The number of rotatable bonds is 5. The van der Waals surface area contributed by atoms with Crippen LogP contribution in [0.15, 0.2) is 62.6 Å². The molecule has 0 saturated heterocycles. The summed E-state index contributed by atoms with van der Waals surface area (Å²) in [5, 5.41) is 10.8. The smallest absolute Gasteiger partial charge is 0.262 e. The number of aromatic hydroxyl groups is 1. The van der Waals surface area contributed by atoms with Crippen LogP contribution in [0.3, 0.4) is 0 Å². The maximum absolute atomic E-state index is 13.1. The van der Waals surface area contributed by atoms with Gasteiger partial charge in [-0.1, -0.05) is 23.8 Å². The zero-order chi connectivity index (χ0) is 22.3. The van der Waals surface area contributed by atoms with Crippen molar-refractivity contribution in [2.75, 3.05) is 18.9 Å². The van der Waals surface area contributed by atoms with E-state index >= 15 is 0 Å². The molecule has 8 nitrogen and oxygen atoms in total. The van der Waals surface area contributed by atoms with Crippen molar-refractivity contribution in [3.8, 4) is 17.2 Å². The van der Waals surface area contributed by atoms with E-state index in [0.717, 1.165) is 5.56 Å². The van der Waals surface area contributed by atoms with E-state index in [1.54, 1.807) is 30.3 Å². The molecule has 0 unspecified atom stereocenters. The topological polar surface area (TPSA) is 115 Å². The van der Waals surface area contributed by atoms with Gasteiger partial charge in [0.05, 0.1) is 24.8 Å². The van der Waals surface area contributed by atoms with Crippen LogP contribution in [0, 0.1) is 6.92 Å². The van der Waals surface area contributed by atoms with Crippen molar-refractivity contribution in [1.29, 1.82) is 0 Å². The summed E-state index contributed by atoms with van der Waals surface area (Å²) in [6.07, 6.45) is 0. The number of ether oxygens (including phenoxy) is 2. The Morgan fingerprint density at radius 2 is 1.68 bits per heavy atom. The summed E-state index contributed by atoms with van der Waals surface area (Å²) >= 11 is 0. The lowest BCUT2D eigenvalue weighted by molar-refractivity contribution is 0.378. The molecule has 0 fully saturated rings. The van der Waals surface area contributed by atoms with E-state index in [2.05, 4.69) is 4.72 Å². The van der Waals surface area contributed by atoms with E-state index in [0.29, 0.717) is 0 Å². The molecule has 4 rings (SSSR count). The highest BCUT2D eigenvalue weighted by atomic mass is 32.2. The van der Waals surface area contributed by atoms with Gasteiger partial charge >= 0.3 is 0 Å². The van der Waals surface area contributed by atoms with Crippen LogP contribution in [-0.4, -0.2) is 27.7 Å². The first-order chi connectivity index (χ1) is 14.8. The lowest BCUT2D eigenvalue weighted by Gasteiger charge is -2.15. The second-order valence-electron chi connectivity index (χ2n) is 6.86. The first kappa shape index (κ1) is 20.5. The molecule has 3 aromatic carbocycles.